The van der Waals surface area contributed by atoms with Crippen LogP contribution < -0.4 is 5.32 Å². The van der Waals surface area contributed by atoms with Crippen LogP contribution in [0.15, 0.2) is 29.3 Å². The summed E-state index contributed by atoms with van der Waals surface area (Å²) in [5.41, 5.74) is 1.18. The third-order valence-corrected chi connectivity index (χ3v) is 4.55. The number of hydrogen-bond donors (Lipinski definition) is 1. The van der Waals surface area contributed by atoms with E-state index in [1.54, 1.807) is 12.1 Å². The highest BCUT2D eigenvalue weighted by molar-refractivity contribution is 14.0. The fourth-order valence-electron chi connectivity index (χ4n) is 3.10. The zero-order valence-corrected chi connectivity index (χ0v) is 15.2. The van der Waals surface area contributed by atoms with Crippen LogP contribution >= 0.6 is 24.0 Å². The maximum atomic E-state index is 13.2. The maximum absolute atomic E-state index is 13.2. The number of halogens is 2. The van der Waals surface area contributed by atoms with Crippen LogP contribution in [0.25, 0.3) is 0 Å². The second-order valence-electron chi connectivity index (χ2n) is 5.88. The number of likely N-dealkylation sites (N-methyl/N-ethyl adjacent to an activating group) is 1. The van der Waals surface area contributed by atoms with Crippen LogP contribution in [0.4, 0.5) is 4.39 Å². The van der Waals surface area contributed by atoms with E-state index in [1.165, 1.54) is 5.56 Å². The summed E-state index contributed by atoms with van der Waals surface area (Å²) in [5, 5.41) is 3.48. The molecular weight excluding hydrogens is 396 g/mol. The van der Waals surface area contributed by atoms with E-state index in [-0.39, 0.29) is 35.2 Å². The predicted molar refractivity (Wildman–Crippen MR) is 96.5 cm³/mol. The van der Waals surface area contributed by atoms with Crippen molar-refractivity contribution in [2.45, 2.75) is 18.3 Å². The lowest BCUT2D eigenvalue weighted by molar-refractivity contribution is 0.0512. The zero-order chi connectivity index (χ0) is 14.7. The van der Waals surface area contributed by atoms with Crippen molar-refractivity contribution < 1.29 is 9.13 Å². The molecule has 0 bridgehead atoms. The molecule has 0 unspecified atom stereocenters. The van der Waals surface area contributed by atoms with Gasteiger partial charge in [-0.2, -0.15) is 0 Å². The Morgan fingerprint density at radius 2 is 1.95 bits per heavy atom. The molecule has 0 radical (unpaired) electrons. The smallest absolute Gasteiger partial charge is 0.193 e. The fourth-order valence-corrected chi connectivity index (χ4v) is 3.10. The highest BCUT2D eigenvalue weighted by Gasteiger charge is 2.35. The molecule has 2 aliphatic heterocycles. The topological polar surface area (TPSA) is 36.9 Å². The van der Waals surface area contributed by atoms with E-state index in [0.717, 1.165) is 51.6 Å². The molecule has 22 heavy (non-hydrogen) atoms. The first-order chi connectivity index (χ1) is 10.2. The van der Waals surface area contributed by atoms with E-state index in [4.69, 9.17) is 4.74 Å². The van der Waals surface area contributed by atoms with E-state index in [1.807, 2.05) is 19.2 Å². The Bertz CT molecular complexity index is 515. The molecule has 0 aromatic heterocycles. The fraction of sp³-hybridized carbons (Fsp3) is 0.562. The minimum Gasteiger partial charge on any atom is -0.381 e. The van der Waals surface area contributed by atoms with E-state index >= 15 is 0 Å². The van der Waals surface area contributed by atoms with Gasteiger partial charge in [0.1, 0.15) is 5.82 Å². The second-order valence-corrected chi connectivity index (χ2v) is 5.88. The first kappa shape index (κ1) is 17.5. The number of rotatable bonds is 3. The average molecular weight is 419 g/mol. The molecule has 1 N–H and O–H groups in total. The van der Waals surface area contributed by atoms with E-state index in [9.17, 15) is 4.39 Å². The van der Waals surface area contributed by atoms with Crippen LogP contribution in [-0.4, -0.2) is 50.8 Å². The Hall–Kier alpha value is -0.890. The molecule has 4 nitrogen and oxygen atoms in total. The summed E-state index contributed by atoms with van der Waals surface area (Å²) in [6.07, 6.45) is 1.89. The van der Waals surface area contributed by atoms with Gasteiger partial charge in [-0.15, -0.1) is 24.0 Å². The summed E-state index contributed by atoms with van der Waals surface area (Å²) >= 11 is 0. The molecule has 1 saturated heterocycles. The van der Waals surface area contributed by atoms with Crippen LogP contribution in [0, 0.1) is 5.82 Å². The standard InChI is InChI=1S/C16H22FN3O.HI/c1-20-9-8-18-15(20)19-12-16(6-10-21-11-7-16)13-2-4-14(17)5-3-13;/h2-5H,6-12H2,1H3,(H,18,19);1H. The predicted octanol–water partition coefficient (Wildman–Crippen LogP) is 2.38. The summed E-state index contributed by atoms with van der Waals surface area (Å²) in [6.45, 7) is 4.13. The summed E-state index contributed by atoms with van der Waals surface area (Å²) in [4.78, 5) is 6.62. The molecule has 1 aromatic carbocycles. The molecule has 1 fully saturated rings. The van der Waals surface area contributed by atoms with Crippen LogP contribution in [-0.2, 0) is 10.2 Å². The molecule has 0 spiro atoms. The molecule has 6 heteroatoms. The van der Waals surface area contributed by atoms with Gasteiger partial charge in [-0.3, -0.25) is 4.99 Å². The van der Waals surface area contributed by atoms with Crippen LogP contribution in [0.1, 0.15) is 18.4 Å². The van der Waals surface area contributed by atoms with Gasteiger partial charge in [0.2, 0.25) is 0 Å². The van der Waals surface area contributed by atoms with Crippen molar-refractivity contribution in [3.05, 3.63) is 35.6 Å². The normalized spacial score (nSPS) is 20.3. The first-order valence-electron chi connectivity index (χ1n) is 7.53. The summed E-state index contributed by atoms with van der Waals surface area (Å²) < 4.78 is 18.7. The average Bonchev–Trinajstić information content (AvgIpc) is 2.92. The molecule has 122 valence electrons. The first-order valence-corrected chi connectivity index (χ1v) is 7.53. The monoisotopic (exact) mass is 419 g/mol. The van der Waals surface area contributed by atoms with Gasteiger partial charge < -0.3 is 15.0 Å². The van der Waals surface area contributed by atoms with Crippen molar-refractivity contribution in [3.63, 3.8) is 0 Å². The highest BCUT2D eigenvalue weighted by atomic mass is 127. The Morgan fingerprint density at radius 3 is 2.55 bits per heavy atom. The van der Waals surface area contributed by atoms with Crippen LogP contribution in [0.2, 0.25) is 0 Å². The van der Waals surface area contributed by atoms with Crippen molar-refractivity contribution in [3.8, 4) is 0 Å². The Balaban J connectivity index is 0.00000176. The van der Waals surface area contributed by atoms with Gasteiger partial charge >= 0.3 is 0 Å². The second kappa shape index (κ2) is 7.59. The van der Waals surface area contributed by atoms with Gasteiger partial charge in [0.15, 0.2) is 5.96 Å². The van der Waals surface area contributed by atoms with Crippen LogP contribution in [0.3, 0.4) is 0 Å². The lowest BCUT2D eigenvalue weighted by atomic mass is 9.74. The van der Waals surface area contributed by atoms with Crippen molar-refractivity contribution in [2.75, 3.05) is 39.9 Å². The van der Waals surface area contributed by atoms with Crippen LogP contribution in [0.5, 0.6) is 0 Å². The lowest BCUT2D eigenvalue weighted by Crippen LogP contribution is -2.47. The largest absolute Gasteiger partial charge is 0.381 e. The van der Waals surface area contributed by atoms with E-state index in [0.29, 0.717) is 0 Å². The van der Waals surface area contributed by atoms with Crippen molar-refractivity contribution >= 4 is 29.9 Å². The SMILES string of the molecule is CN1CCN=C1NCC1(c2ccc(F)cc2)CCOCC1.I. The number of nitrogens with one attached hydrogen (secondary N) is 1. The van der Waals surface area contributed by atoms with E-state index < -0.39 is 0 Å². The van der Waals surface area contributed by atoms with Crippen molar-refractivity contribution in [1.29, 1.82) is 0 Å². The van der Waals surface area contributed by atoms with Crippen molar-refractivity contribution in [2.24, 2.45) is 4.99 Å². The minimum atomic E-state index is -0.186. The molecule has 0 amide bonds. The molecular formula is C16H23FIN3O. The molecule has 0 saturated carbocycles. The Kier molecular flexibility index (Phi) is 6.02. The van der Waals surface area contributed by atoms with Gasteiger partial charge in [0.25, 0.3) is 0 Å². The minimum absolute atomic E-state index is 0. The zero-order valence-electron chi connectivity index (χ0n) is 12.8. The molecule has 0 aliphatic carbocycles. The van der Waals surface area contributed by atoms with Gasteiger partial charge in [-0.05, 0) is 30.5 Å². The number of nitrogens with zero attached hydrogens (tertiary/aromatic N) is 2. The van der Waals surface area contributed by atoms with Gasteiger partial charge in [-0.1, -0.05) is 12.1 Å². The number of ether oxygens (including phenoxy) is 1. The molecule has 2 aliphatic rings. The van der Waals surface area contributed by atoms with Gasteiger partial charge in [-0.25, -0.2) is 4.39 Å². The van der Waals surface area contributed by atoms with Crippen molar-refractivity contribution in [1.82, 2.24) is 10.2 Å². The molecule has 2 heterocycles. The number of guanidine groups is 1. The summed E-state index contributed by atoms with van der Waals surface area (Å²) in [7, 11) is 2.05. The van der Waals surface area contributed by atoms with Gasteiger partial charge in [0, 0.05) is 38.8 Å². The lowest BCUT2D eigenvalue weighted by Gasteiger charge is -2.38. The maximum Gasteiger partial charge on any atom is 0.193 e. The van der Waals surface area contributed by atoms with E-state index in [2.05, 4.69) is 15.2 Å². The quantitative estimate of drug-likeness (QED) is 0.765. The third-order valence-electron chi connectivity index (χ3n) is 4.55. The Labute approximate surface area is 148 Å². The molecule has 1 aromatic rings. The molecule has 0 atom stereocenters. The number of benzene rings is 1. The highest BCUT2D eigenvalue weighted by Crippen LogP contribution is 2.34. The number of aliphatic imine (C=N–C) groups is 1. The van der Waals surface area contributed by atoms with Gasteiger partial charge in [0.05, 0.1) is 6.54 Å². The summed E-state index contributed by atoms with van der Waals surface area (Å²) in [6, 6.07) is 6.91. The third kappa shape index (κ3) is 3.71. The number of hydrogen-bond acceptors (Lipinski definition) is 4. The summed E-state index contributed by atoms with van der Waals surface area (Å²) in [5.74, 6) is 0.775. The Morgan fingerprint density at radius 1 is 1.27 bits per heavy atom. The molecule has 3 rings (SSSR count).